The van der Waals surface area contributed by atoms with Crippen LogP contribution >= 0.6 is 11.3 Å². The van der Waals surface area contributed by atoms with Crippen LogP contribution in [0.4, 0.5) is 0 Å². The maximum atomic E-state index is 11.2. The van der Waals surface area contributed by atoms with Crippen LogP contribution in [0.1, 0.15) is 10.5 Å². The summed E-state index contributed by atoms with van der Waals surface area (Å²) in [6.45, 7) is 0. The number of aromatic nitrogens is 3. The molecule has 0 saturated carbocycles. The van der Waals surface area contributed by atoms with Gasteiger partial charge in [-0.1, -0.05) is 42.5 Å². The third-order valence-corrected chi connectivity index (χ3v) is 4.67. The second-order valence-corrected chi connectivity index (χ2v) is 6.37. The van der Waals surface area contributed by atoms with Crippen LogP contribution in [0.5, 0.6) is 5.75 Å². The van der Waals surface area contributed by atoms with Crippen molar-refractivity contribution >= 4 is 17.3 Å². The number of aromatic hydroxyl groups is 1. The van der Waals surface area contributed by atoms with E-state index in [-0.39, 0.29) is 11.4 Å². The normalized spacial score (nSPS) is 10.8. The molecule has 2 aromatic heterocycles. The number of carboxylic acids is 1. The fraction of sp³-hybridized carbons (Fsp3) is 0. The van der Waals surface area contributed by atoms with Crippen molar-refractivity contribution in [1.29, 1.82) is 0 Å². The Balaban J connectivity index is 1.91. The molecule has 2 heterocycles. The third kappa shape index (κ3) is 2.84. The van der Waals surface area contributed by atoms with E-state index in [0.29, 0.717) is 16.4 Å². The van der Waals surface area contributed by atoms with Crippen LogP contribution in [0.3, 0.4) is 0 Å². The molecule has 128 valence electrons. The second kappa shape index (κ2) is 6.45. The summed E-state index contributed by atoms with van der Waals surface area (Å²) in [5.74, 6) is -0.955. The largest absolute Gasteiger partial charge is 0.507 e. The predicted molar refractivity (Wildman–Crippen MR) is 98.7 cm³/mol. The van der Waals surface area contributed by atoms with E-state index in [1.807, 2.05) is 42.5 Å². The Bertz CT molecular complexity index is 1090. The highest BCUT2D eigenvalue weighted by molar-refractivity contribution is 7.12. The molecule has 0 unspecified atom stereocenters. The van der Waals surface area contributed by atoms with Gasteiger partial charge in [-0.15, -0.1) is 11.3 Å². The van der Waals surface area contributed by atoms with Gasteiger partial charge in [-0.2, -0.15) is 5.10 Å². The van der Waals surface area contributed by atoms with E-state index in [0.717, 1.165) is 11.3 Å². The van der Waals surface area contributed by atoms with Gasteiger partial charge in [-0.3, -0.25) is 0 Å². The highest BCUT2D eigenvalue weighted by Crippen LogP contribution is 2.33. The molecular formula is C19H13N3O3S. The maximum Gasteiger partial charge on any atom is 0.355 e. The molecule has 0 radical (unpaired) electrons. The first-order chi connectivity index (χ1) is 12.6. The lowest BCUT2D eigenvalue weighted by atomic mass is 10.1. The molecular weight excluding hydrogens is 350 g/mol. The molecule has 0 aliphatic heterocycles. The minimum Gasteiger partial charge on any atom is -0.507 e. The van der Waals surface area contributed by atoms with Crippen molar-refractivity contribution in [2.24, 2.45) is 0 Å². The van der Waals surface area contributed by atoms with E-state index in [4.69, 9.17) is 5.11 Å². The van der Waals surface area contributed by atoms with E-state index >= 15 is 0 Å². The summed E-state index contributed by atoms with van der Waals surface area (Å²) < 4.78 is 1.61. The van der Waals surface area contributed by atoms with Crippen LogP contribution < -0.4 is 0 Å². The number of aromatic carboxylic acids is 1. The quantitative estimate of drug-likeness (QED) is 0.571. The summed E-state index contributed by atoms with van der Waals surface area (Å²) in [4.78, 5) is 15.3. The molecule has 6 nitrogen and oxygen atoms in total. The number of rotatable bonds is 4. The standard InChI is InChI=1S/C19H13N3O3S/c23-17-9-5-4-8-13(17)14-10-16(12-6-2-1-3-7-12)22(21-14)19-20-15(11-26-19)18(24)25/h1-11,23H,(H,24,25). The molecule has 0 aliphatic carbocycles. The number of benzene rings is 2. The number of thiazole rings is 1. The number of nitrogens with zero attached hydrogens (tertiary/aromatic N) is 3. The Morgan fingerprint density at radius 2 is 1.77 bits per heavy atom. The first-order valence-corrected chi connectivity index (χ1v) is 8.64. The number of carboxylic acid groups (broad SMARTS) is 1. The third-order valence-electron chi connectivity index (χ3n) is 3.85. The molecule has 26 heavy (non-hydrogen) atoms. The monoisotopic (exact) mass is 363 g/mol. The van der Waals surface area contributed by atoms with E-state index in [2.05, 4.69) is 10.1 Å². The summed E-state index contributed by atoms with van der Waals surface area (Å²) in [6.07, 6.45) is 0. The predicted octanol–water partition coefficient (Wildman–Crippen LogP) is 4.07. The Labute approximate surface area is 152 Å². The van der Waals surface area contributed by atoms with Gasteiger partial charge in [0, 0.05) is 16.5 Å². The van der Waals surface area contributed by atoms with E-state index in [1.54, 1.807) is 22.9 Å². The van der Waals surface area contributed by atoms with Crippen LogP contribution in [-0.2, 0) is 0 Å². The van der Waals surface area contributed by atoms with Gasteiger partial charge >= 0.3 is 5.97 Å². The Kier molecular flexibility index (Phi) is 3.98. The number of hydrogen-bond donors (Lipinski definition) is 2. The minimum atomic E-state index is -1.08. The van der Waals surface area contributed by atoms with Crippen LogP contribution in [0, 0.1) is 0 Å². The molecule has 0 bridgehead atoms. The summed E-state index contributed by atoms with van der Waals surface area (Å²) in [6, 6.07) is 18.4. The molecule has 0 aliphatic rings. The van der Waals surface area contributed by atoms with Crippen molar-refractivity contribution in [2.75, 3.05) is 0 Å². The lowest BCUT2D eigenvalue weighted by molar-refractivity contribution is 0.0691. The molecule has 0 fully saturated rings. The Hall–Kier alpha value is -3.45. The van der Waals surface area contributed by atoms with Crippen LogP contribution in [0.25, 0.3) is 27.6 Å². The van der Waals surface area contributed by atoms with E-state index < -0.39 is 5.97 Å². The van der Waals surface area contributed by atoms with Gasteiger partial charge in [0.15, 0.2) is 5.69 Å². The van der Waals surface area contributed by atoms with Crippen LogP contribution in [0.15, 0.2) is 66.0 Å². The van der Waals surface area contributed by atoms with Crippen molar-refractivity contribution in [3.63, 3.8) is 0 Å². The first kappa shape index (κ1) is 16.0. The summed E-state index contributed by atoms with van der Waals surface area (Å²) in [5.41, 5.74) is 2.82. The number of carbonyl (C=O) groups is 1. The van der Waals surface area contributed by atoms with Crippen molar-refractivity contribution in [3.8, 4) is 33.4 Å². The highest BCUT2D eigenvalue weighted by atomic mass is 32.1. The minimum absolute atomic E-state index is 0.0244. The zero-order valence-corrected chi connectivity index (χ0v) is 14.2. The van der Waals surface area contributed by atoms with Gasteiger partial charge in [-0.25, -0.2) is 14.5 Å². The fourth-order valence-electron chi connectivity index (χ4n) is 2.62. The van der Waals surface area contributed by atoms with Crippen molar-refractivity contribution in [3.05, 3.63) is 71.7 Å². The fourth-order valence-corrected chi connectivity index (χ4v) is 3.38. The molecule has 4 aromatic rings. The molecule has 0 saturated heterocycles. The summed E-state index contributed by atoms with van der Waals surface area (Å²) in [7, 11) is 0. The van der Waals surface area contributed by atoms with E-state index in [9.17, 15) is 9.90 Å². The van der Waals surface area contributed by atoms with Crippen LogP contribution in [-0.4, -0.2) is 30.9 Å². The zero-order valence-electron chi connectivity index (χ0n) is 13.4. The topological polar surface area (TPSA) is 88.2 Å². The average Bonchev–Trinajstić information content (AvgIpc) is 3.30. The molecule has 7 heteroatoms. The zero-order chi connectivity index (χ0) is 18.1. The Morgan fingerprint density at radius 1 is 1.04 bits per heavy atom. The first-order valence-electron chi connectivity index (χ1n) is 7.76. The molecule has 4 rings (SSSR count). The van der Waals surface area contributed by atoms with Crippen LogP contribution in [0.2, 0.25) is 0 Å². The average molecular weight is 363 g/mol. The highest BCUT2D eigenvalue weighted by Gasteiger charge is 2.18. The number of hydrogen-bond acceptors (Lipinski definition) is 5. The summed E-state index contributed by atoms with van der Waals surface area (Å²) in [5, 5.41) is 25.8. The molecule has 0 spiro atoms. The van der Waals surface area contributed by atoms with E-state index in [1.165, 1.54) is 16.7 Å². The van der Waals surface area contributed by atoms with Gasteiger partial charge in [0.25, 0.3) is 0 Å². The Morgan fingerprint density at radius 3 is 2.46 bits per heavy atom. The van der Waals surface area contributed by atoms with Gasteiger partial charge in [0.05, 0.1) is 11.4 Å². The molecule has 2 N–H and O–H groups in total. The number of para-hydroxylation sites is 1. The van der Waals surface area contributed by atoms with Crippen molar-refractivity contribution in [2.45, 2.75) is 0 Å². The molecule has 2 aromatic carbocycles. The van der Waals surface area contributed by atoms with Gasteiger partial charge < -0.3 is 10.2 Å². The van der Waals surface area contributed by atoms with Gasteiger partial charge in [-0.05, 0) is 18.2 Å². The molecule has 0 amide bonds. The lowest BCUT2D eigenvalue weighted by Crippen LogP contribution is -2.01. The second-order valence-electron chi connectivity index (χ2n) is 5.53. The SMILES string of the molecule is O=C(O)c1csc(-n2nc(-c3ccccc3O)cc2-c2ccccc2)n1. The van der Waals surface area contributed by atoms with Gasteiger partial charge in [0.1, 0.15) is 5.75 Å². The lowest BCUT2D eigenvalue weighted by Gasteiger charge is -2.03. The molecule has 0 atom stereocenters. The van der Waals surface area contributed by atoms with Crippen molar-refractivity contribution in [1.82, 2.24) is 14.8 Å². The summed E-state index contributed by atoms with van der Waals surface area (Å²) >= 11 is 1.20. The smallest absolute Gasteiger partial charge is 0.355 e. The number of phenolic OH excluding ortho intramolecular Hbond substituents is 1. The van der Waals surface area contributed by atoms with Crippen molar-refractivity contribution < 1.29 is 15.0 Å². The maximum absolute atomic E-state index is 11.2. The van der Waals surface area contributed by atoms with Gasteiger partial charge in [0.2, 0.25) is 5.13 Å². The number of phenols is 1.